The number of anilines is 2. The zero-order valence-corrected chi connectivity index (χ0v) is 15.3. The Morgan fingerprint density at radius 3 is 2.67 bits per heavy atom. The van der Waals surface area contributed by atoms with Crippen LogP contribution in [0.25, 0.3) is 0 Å². The first-order chi connectivity index (χ1) is 13.2. The molecule has 27 heavy (non-hydrogen) atoms. The lowest BCUT2D eigenvalue weighted by atomic mass is 9.99. The number of benzene rings is 2. The molecule has 0 saturated carbocycles. The zero-order chi connectivity index (χ0) is 18.6. The maximum Gasteiger partial charge on any atom is 0.321 e. The van der Waals surface area contributed by atoms with Gasteiger partial charge in [0, 0.05) is 31.4 Å². The summed E-state index contributed by atoms with van der Waals surface area (Å²) in [6.45, 7) is 3.09. The molecule has 2 aliphatic rings. The van der Waals surface area contributed by atoms with E-state index in [1.165, 1.54) is 17.2 Å². The van der Waals surface area contributed by atoms with Gasteiger partial charge in [0.2, 0.25) is 0 Å². The third-order valence-corrected chi connectivity index (χ3v) is 5.40. The van der Waals surface area contributed by atoms with Crippen molar-refractivity contribution in [1.29, 1.82) is 0 Å². The van der Waals surface area contributed by atoms with Crippen molar-refractivity contribution in [3.05, 3.63) is 59.4 Å². The van der Waals surface area contributed by atoms with Gasteiger partial charge in [-0.2, -0.15) is 0 Å². The van der Waals surface area contributed by atoms with Crippen LogP contribution in [-0.4, -0.2) is 36.6 Å². The number of hydrogen-bond acceptors (Lipinski definition) is 3. The second-order valence-corrected chi connectivity index (χ2v) is 7.19. The fourth-order valence-corrected chi connectivity index (χ4v) is 3.85. The first-order valence-electron chi connectivity index (χ1n) is 9.59. The van der Waals surface area contributed by atoms with Crippen LogP contribution >= 0.6 is 0 Å². The van der Waals surface area contributed by atoms with Crippen molar-refractivity contribution < 1.29 is 9.18 Å². The standard InChI is InChI=1S/C21H25FN4O/c22-18-5-1-2-6-20(18)24-16-9-12-26(13-10-16)21(27)25-19-7-3-4-15-8-11-23-14-17(15)19/h1-7,16,23-24H,8-14H2,(H,25,27). The fraction of sp³-hybridized carbons (Fsp3) is 0.381. The Morgan fingerprint density at radius 2 is 1.85 bits per heavy atom. The second-order valence-electron chi connectivity index (χ2n) is 7.19. The molecule has 0 spiro atoms. The van der Waals surface area contributed by atoms with Crippen molar-refractivity contribution in [2.45, 2.75) is 31.8 Å². The molecule has 1 fully saturated rings. The minimum Gasteiger partial charge on any atom is -0.380 e. The van der Waals surface area contributed by atoms with Gasteiger partial charge < -0.3 is 20.9 Å². The summed E-state index contributed by atoms with van der Waals surface area (Å²) in [5.41, 5.74) is 3.92. The number of fused-ring (bicyclic) bond motifs is 1. The van der Waals surface area contributed by atoms with Crippen LogP contribution in [0, 0.1) is 5.82 Å². The third-order valence-electron chi connectivity index (χ3n) is 5.40. The Kier molecular flexibility index (Phi) is 5.25. The molecule has 2 aromatic rings. The highest BCUT2D eigenvalue weighted by Gasteiger charge is 2.24. The SMILES string of the molecule is O=C(Nc1cccc2c1CNCC2)N1CCC(Nc2ccccc2F)CC1. The maximum absolute atomic E-state index is 13.8. The van der Waals surface area contributed by atoms with Gasteiger partial charge in [-0.1, -0.05) is 24.3 Å². The smallest absolute Gasteiger partial charge is 0.321 e. The Hall–Kier alpha value is -2.60. The van der Waals surface area contributed by atoms with Crippen LogP contribution in [0.1, 0.15) is 24.0 Å². The fourth-order valence-electron chi connectivity index (χ4n) is 3.85. The van der Waals surface area contributed by atoms with E-state index in [1.54, 1.807) is 12.1 Å². The molecule has 4 rings (SSSR count). The van der Waals surface area contributed by atoms with E-state index in [-0.39, 0.29) is 17.9 Å². The van der Waals surface area contributed by atoms with Crippen molar-refractivity contribution in [2.24, 2.45) is 0 Å². The number of rotatable bonds is 3. The van der Waals surface area contributed by atoms with Crippen LogP contribution in [0.15, 0.2) is 42.5 Å². The molecular formula is C21H25FN4O. The van der Waals surface area contributed by atoms with E-state index in [0.29, 0.717) is 18.8 Å². The average molecular weight is 368 g/mol. The lowest BCUT2D eigenvalue weighted by molar-refractivity contribution is 0.197. The molecule has 0 aliphatic carbocycles. The molecule has 2 aromatic carbocycles. The summed E-state index contributed by atoms with van der Waals surface area (Å²) < 4.78 is 13.8. The van der Waals surface area contributed by atoms with E-state index in [4.69, 9.17) is 0 Å². The molecule has 1 saturated heterocycles. The van der Waals surface area contributed by atoms with Crippen molar-refractivity contribution in [2.75, 3.05) is 30.3 Å². The van der Waals surface area contributed by atoms with Crippen molar-refractivity contribution >= 4 is 17.4 Å². The highest BCUT2D eigenvalue weighted by Crippen LogP contribution is 2.24. The summed E-state index contributed by atoms with van der Waals surface area (Å²) in [4.78, 5) is 14.5. The van der Waals surface area contributed by atoms with Gasteiger partial charge in [0.15, 0.2) is 0 Å². The van der Waals surface area contributed by atoms with E-state index >= 15 is 0 Å². The Bertz CT molecular complexity index is 818. The Labute approximate surface area is 158 Å². The summed E-state index contributed by atoms with van der Waals surface area (Å²) in [7, 11) is 0. The molecule has 2 amide bonds. The van der Waals surface area contributed by atoms with E-state index in [1.807, 2.05) is 23.1 Å². The molecule has 0 atom stereocenters. The van der Waals surface area contributed by atoms with Gasteiger partial charge >= 0.3 is 6.03 Å². The zero-order valence-electron chi connectivity index (χ0n) is 15.3. The number of hydrogen-bond donors (Lipinski definition) is 3. The van der Waals surface area contributed by atoms with E-state index in [9.17, 15) is 9.18 Å². The average Bonchev–Trinajstić information content (AvgIpc) is 2.70. The minimum atomic E-state index is -0.236. The van der Waals surface area contributed by atoms with Gasteiger partial charge in [0.05, 0.1) is 5.69 Å². The number of nitrogens with zero attached hydrogens (tertiary/aromatic N) is 1. The molecule has 0 unspecified atom stereocenters. The molecule has 142 valence electrons. The largest absolute Gasteiger partial charge is 0.380 e. The number of halogens is 1. The molecular weight excluding hydrogens is 343 g/mol. The van der Waals surface area contributed by atoms with Gasteiger partial charge in [-0.15, -0.1) is 0 Å². The van der Waals surface area contributed by atoms with Gasteiger partial charge in [0.25, 0.3) is 0 Å². The van der Waals surface area contributed by atoms with Gasteiger partial charge in [-0.3, -0.25) is 0 Å². The molecule has 5 nitrogen and oxygen atoms in total. The highest BCUT2D eigenvalue weighted by molar-refractivity contribution is 5.90. The lowest BCUT2D eigenvalue weighted by Crippen LogP contribution is -2.44. The van der Waals surface area contributed by atoms with Crippen molar-refractivity contribution in [1.82, 2.24) is 10.2 Å². The molecule has 6 heteroatoms. The predicted molar refractivity (Wildman–Crippen MR) is 105 cm³/mol. The van der Waals surface area contributed by atoms with E-state index < -0.39 is 0 Å². The summed E-state index contributed by atoms with van der Waals surface area (Å²) in [5.74, 6) is -0.236. The van der Waals surface area contributed by atoms with E-state index in [2.05, 4.69) is 22.0 Å². The molecule has 3 N–H and O–H groups in total. The first kappa shape index (κ1) is 17.8. The topological polar surface area (TPSA) is 56.4 Å². The molecule has 0 aromatic heterocycles. The van der Waals surface area contributed by atoms with Crippen LogP contribution < -0.4 is 16.0 Å². The van der Waals surface area contributed by atoms with Gasteiger partial charge in [-0.25, -0.2) is 9.18 Å². The quantitative estimate of drug-likeness (QED) is 0.776. The van der Waals surface area contributed by atoms with Crippen LogP contribution in [0.2, 0.25) is 0 Å². The number of amides is 2. The Morgan fingerprint density at radius 1 is 1.07 bits per heavy atom. The monoisotopic (exact) mass is 368 g/mol. The predicted octanol–water partition coefficient (Wildman–Crippen LogP) is 3.58. The summed E-state index contributed by atoms with van der Waals surface area (Å²) >= 11 is 0. The van der Waals surface area contributed by atoms with Crippen LogP contribution in [-0.2, 0) is 13.0 Å². The van der Waals surface area contributed by atoms with Gasteiger partial charge in [0.1, 0.15) is 5.82 Å². The van der Waals surface area contributed by atoms with Crippen LogP contribution in [0.4, 0.5) is 20.6 Å². The number of nitrogens with one attached hydrogen (secondary N) is 3. The molecule has 0 bridgehead atoms. The van der Waals surface area contributed by atoms with Crippen LogP contribution in [0.5, 0.6) is 0 Å². The molecule has 2 heterocycles. The van der Waals surface area contributed by atoms with Crippen molar-refractivity contribution in [3.8, 4) is 0 Å². The van der Waals surface area contributed by atoms with Gasteiger partial charge in [-0.05, 0) is 55.1 Å². The number of urea groups is 1. The normalized spacial score (nSPS) is 17.3. The number of carbonyl (C=O) groups is 1. The lowest BCUT2D eigenvalue weighted by Gasteiger charge is -2.33. The molecule has 2 aliphatic heterocycles. The number of piperidine rings is 1. The first-order valence-corrected chi connectivity index (χ1v) is 9.59. The summed E-state index contributed by atoms with van der Waals surface area (Å²) in [6.07, 6.45) is 2.60. The number of para-hydroxylation sites is 1. The maximum atomic E-state index is 13.8. The van der Waals surface area contributed by atoms with E-state index in [0.717, 1.165) is 38.0 Å². The minimum absolute atomic E-state index is 0.0571. The summed E-state index contributed by atoms with van der Waals surface area (Å²) in [5, 5.41) is 9.70. The Balaban J connectivity index is 1.33. The number of carbonyl (C=O) groups excluding carboxylic acids is 1. The highest BCUT2D eigenvalue weighted by atomic mass is 19.1. The summed E-state index contributed by atoms with van der Waals surface area (Å²) in [6, 6.07) is 12.9. The van der Waals surface area contributed by atoms with Crippen molar-refractivity contribution in [3.63, 3.8) is 0 Å². The molecule has 0 radical (unpaired) electrons. The third kappa shape index (κ3) is 4.06. The number of likely N-dealkylation sites (tertiary alicyclic amines) is 1. The second kappa shape index (κ2) is 7.96. The van der Waals surface area contributed by atoms with Crippen LogP contribution in [0.3, 0.4) is 0 Å².